The molecule has 0 atom stereocenters. The summed E-state index contributed by atoms with van der Waals surface area (Å²) in [4.78, 5) is 9.60. The van der Waals surface area contributed by atoms with E-state index >= 15 is 0 Å². The topological polar surface area (TPSA) is 52.3 Å². The molecule has 0 radical (unpaired) electrons. The van der Waals surface area contributed by atoms with Crippen molar-refractivity contribution in [1.82, 2.24) is 0 Å². The standard InChI is InChI=1S/C3H7NO2.BH3/c1-2-6-3(4)5;/h2H2,1H3,(H2,4,5);1H3. The average Bonchev–Trinajstić information content (AvgIpc) is 1.35. The van der Waals surface area contributed by atoms with E-state index in [1.807, 2.05) is 0 Å². The van der Waals surface area contributed by atoms with E-state index in [0.29, 0.717) is 6.61 Å². The van der Waals surface area contributed by atoms with E-state index in [1.165, 1.54) is 0 Å². The maximum Gasteiger partial charge on any atom is 0.404 e. The number of carbonyl (C=O) groups is 1. The van der Waals surface area contributed by atoms with E-state index in [2.05, 4.69) is 10.5 Å². The molecule has 42 valence electrons. The van der Waals surface area contributed by atoms with E-state index in [4.69, 9.17) is 0 Å². The van der Waals surface area contributed by atoms with Gasteiger partial charge >= 0.3 is 6.09 Å². The van der Waals surface area contributed by atoms with Gasteiger partial charge in [0.05, 0.1) is 15.0 Å². The Balaban J connectivity index is 0. The van der Waals surface area contributed by atoms with Crippen molar-refractivity contribution in [3.8, 4) is 0 Å². The minimum absolute atomic E-state index is 0. The Morgan fingerprint density at radius 2 is 2.29 bits per heavy atom. The van der Waals surface area contributed by atoms with E-state index in [9.17, 15) is 4.79 Å². The molecule has 7 heavy (non-hydrogen) atoms. The Labute approximate surface area is 44.4 Å². The third-order valence-corrected chi connectivity index (χ3v) is 0.287. The van der Waals surface area contributed by atoms with Gasteiger partial charge in [-0.1, -0.05) is 0 Å². The molecule has 0 fully saturated rings. The molecule has 0 spiro atoms. The average molecular weight is 103 g/mol. The molecule has 0 rings (SSSR count). The lowest BCUT2D eigenvalue weighted by atomic mass is 10.8. The van der Waals surface area contributed by atoms with Gasteiger partial charge in [-0.2, -0.15) is 0 Å². The van der Waals surface area contributed by atoms with Crippen LogP contribution in [0.1, 0.15) is 6.92 Å². The molecule has 0 saturated heterocycles. The van der Waals surface area contributed by atoms with E-state index < -0.39 is 6.09 Å². The molecular formula is C3H10BNO2. The second-order valence-corrected chi connectivity index (χ2v) is 0.752. The number of nitrogens with two attached hydrogens (primary N) is 1. The van der Waals surface area contributed by atoms with Gasteiger partial charge in [0.15, 0.2) is 0 Å². The van der Waals surface area contributed by atoms with Crippen LogP contribution in [0.4, 0.5) is 4.79 Å². The van der Waals surface area contributed by atoms with Crippen LogP contribution >= 0.6 is 0 Å². The summed E-state index contributed by atoms with van der Waals surface area (Å²) in [5.41, 5.74) is 4.54. The Morgan fingerprint density at radius 3 is 2.29 bits per heavy atom. The van der Waals surface area contributed by atoms with Crippen LogP contribution < -0.4 is 5.73 Å². The molecule has 0 aliphatic rings. The molecule has 0 aromatic carbocycles. The molecule has 0 aliphatic heterocycles. The van der Waals surface area contributed by atoms with Crippen LogP contribution in [0.15, 0.2) is 0 Å². The first-order chi connectivity index (χ1) is 2.77. The lowest BCUT2D eigenvalue weighted by Gasteiger charge is -1.89. The van der Waals surface area contributed by atoms with Crippen LogP contribution in [0.2, 0.25) is 0 Å². The van der Waals surface area contributed by atoms with Crippen LogP contribution in [0.5, 0.6) is 0 Å². The fourth-order valence-electron chi connectivity index (χ4n) is 0.142. The monoisotopic (exact) mass is 103 g/mol. The molecule has 0 saturated carbocycles. The van der Waals surface area contributed by atoms with Gasteiger partial charge < -0.3 is 10.5 Å². The predicted octanol–water partition coefficient (Wildman–Crippen LogP) is -1.08. The van der Waals surface area contributed by atoms with Crippen LogP contribution in [0, 0.1) is 0 Å². The highest BCUT2D eigenvalue weighted by atomic mass is 16.5. The highest BCUT2D eigenvalue weighted by molar-refractivity contribution is 5.75. The van der Waals surface area contributed by atoms with Gasteiger partial charge in [0, 0.05) is 0 Å². The van der Waals surface area contributed by atoms with Gasteiger partial charge in [0.25, 0.3) is 0 Å². The van der Waals surface area contributed by atoms with Crippen molar-refractivity contribution in [1.29, 1.82) is 0 Å². The Morgan fingerprint density at radius 1 is 1.86 bits per heavy atom. The van der Waals surface area contributed by atoms with Crippen molar-refractivity contribution in [2.24, 2.45) is 5.73 Å². The third-order valence-electron chi connectivity index (χ3n) is 0.287. The zero-order valence-electron chi connectivity index (χ0n) is 3.60. The first kappa shape index (κ1) is 9.59. The van der Waals surface area contributed by atoms with Gasteiger partial charge in [0.1, 0.15) is 0 Å². The van der Waals surface area contributed by atoms with Crippen molar-refractivity contribution in [2.45, 2.75) is 6.92 Å². The number of ether oxygens (including phenoxy) is 1. The summed E-state index contributed by atoms with van der Waals surface area (Å²) in [7, 11) is 0. The molecule has 0 unspecified atom stereocenters. The lowest BCUT2D eigenvalue weighted by molar-refractivity contribution is 0.163. The zero-order valence-corrected chi connectivity index (χ0v) is 3.60. The first-order valence-corrected chi connectivity index (χ1v) is 1.69. The molecule has 2 N–H and O–H groups in total. The van der Waals surface area contributed by atoms with Crippen molar-refractivity contribution in [3.63, 3.8) is 0 Å². The molecule has 4 heteroatoms. The van der Waals surface area contributed by atoms with Crippen LogP contribution in [-0.4, -0.2) is 21.1 Å². The molecule has 0 aromatic rings. The number of amides is 1. The van der Waals surface area contributed by atoms with E-state index in [1.54, 1.807) is 6.92 Å². The van der Waals surface area contributed by atoms with Gasteiger partial charge in [0.2, 0.25) is 0 Å². The Kier molecular flexibility index (Phi) is 7.31. The predicted molar refractivity (Wildman–Crippen MR) is 31.1 cm³/mol. The number of hydrogen-bond donors (Lipinski definition) is 1. The summed E-state index contributed by atoms with van der Waals surface area (Å²) in [6.07, 6.45) is -0.711. The second-order valence-electron chi connectivity index (χ2n) is 0.752. The molecule has 3 nitrogen and oxygen atoms in total. The van der Waals surface area contributed by atoms with Crippen LogP contribution in [0.25, 0.3) is 0 Å². The minimum Gasteiger partial charge on any atom is -0.450 e. The number of primary amides is 1. The number of rotatable bonds is 1. The first-order valence-electron chi connectivity index (χ1n) is 1.69. The molecule has 0 bridgehead atoms. The number of hydrogen-bond acceptors (Lipinski definition) is 2. The van der Waals surface area contributed by atoms with Crippen LogP contribution in [0.3, 0.4) is 0 Å². The summed E-state index contributed by atoms with van der Waals surface area (Å²) in [5, 5.41) is 0. The highest BCUT2D eigenvalue weighted by Gasteiger charge is 1.82. The van der Waals surface area contributed by atoms with Crippen molar-refractivity contribution >= 4 is 14.5 Å². The third kappa shape index (κ3) is 10.9. The Hall–Kier alpha value is -0.665. The fraction of sp³-hybridized carbons (Fsp3) is 0.667. The maximum absolute atomic E-state index is 9.60. The van der Waals surface area contributed by atoms with Gasteiger partial charge in [-0.05, 0) is 6.92 Å². The van der Waals surface area contributed by atoms with Crippen molar-refractivity contribution in [3.05, 3.63) is 0 Å². The summed E-state index contributed by atoms with van der Waals surface area (Å²) in [6.45, 7) is 2.06. The zero-order chi connectivity index (χ0) is 4.99. The molecular weight excluding hydrogens is 92.9 g/mol. The molecule has 0 aliphatic carbocycles. The summed E-state index contributed by atoms with van der Waals surface area (Å²) in [6, 6.07) is 0. The molecule has 0 heterocycles. The maximum atomic E-state index is 9.60. The van der Waals surface area contributed by atoms with Gasteiger partial charge in [-0.3, -0.25) is 0 Å². The van der Waals surface area contributed by atoms with Gasteiger partial charge in [-0.25, -0.2) is 4.79 Å². The Bertz CT molecular complexity index is 56.9. The lowest BCUT2D eigenvalue weighted by Crippen LogP contribution is -2.11. The fourth-order valence-corrected chi connectivity index (χ4v) is 0.142. The van der Waals surface area contributed by atoms with Crippen molar-refractivity contribution in [2.75, 3.05) is 6.61 Å². The minimum atomic E-state index is -0.711. The SMILES string of the molecule is B.CCOC(N)=O. The quantitative estimate of drug-likeness (QED) is 0.429. The second kappa shape index (κ2) is 5.33. The van der Waals surface area contributed by atoms with E-state index in [-0.39, 0.29) is 8.41 Å². The summed E-state index contributed by atoms with van der Waals surface area (Å²) in [5.74, 6) is 0. The van der Waals surface area contributed by atoms with Crippen LogP contribution in [-0.2, 0) is 4.74 Å². The molecule has 0 aromatic heterocycles. The van der Waals surface area contributed by atoms with Gasteiger partial charge in [-0.15, -0.1) is 0 Å². The summed E-state index contributed by atoms with van der Waals surface area (Å²) < 4.78 is 4.18. The van der Waals surface area contributed by atoms with Crippen molar-refractivity contribution < 1.29 is 9.53 Å². The largest absolute Gasteiger partial charge is 0.450 e. The summed E-state index contributed by atoms with van der Waals surface area (Å²) >= 11 is 0. The smallest absolute Gasteiger partial charge is 0.404 e. The highest BCUT2D eigenvalue weighted by Crippen LogP contribution is 1.66. The number of carbonyl (C=O) groups excluding carboxylic acids is 1. The normalized spacial score (nSPS) is 6.43. The van der Waals surface area contributed by atoms with E-state index in [0.717, 1.165) is 0 Å². The molecule has 1 amide bonds.